The molecule has 0 aromatic heterocycles. The van der Waals surface area contributed by atoms with Crippen molar-refractivity contribution >= 4 is 17.5 Å². The summed E-state index contributed by atoms with van der Waals surface area (Å²) in [4.78, 5) is 24.2. The summed E-state index contributed by atoms with van der Waals surface area (Å²) in [6.07, 6.45) is 1.61. The van der Waals surface area contributed by atoms with E-state index in [1.54, 1.807) is 6.07 Å². The number of anilines is 1. The molecule has 6 nitrogen and oxygen atoms in total. The van der Waals surface area contributed by atoms with Crippen molar-refractivity contribution in [2.45, 2.75) is 39.2 Å². The van der Waals surface area contributed by atoms with Crippen LogP contribution >= 0.6 is 0 Å². The number of hydrogen-bond donors (Lipinski definition) is 2. The molecule has 2 aromatic rings. The van der Waals surface area contributed by atoms with Crippen LogP contribution in [0.2, 0.25) is 0 Å². The molecule has 1 aliphatic heterocycles. The maximum absolute atomic E-state index is 12.1. The number of hydrogen-bond acceptors (Lipinski definition) is 4. The number of fused-ring (bicyclic) bond motifs is 1. The van der Waals surface area contributed by atoms with Gasteiger partial charge in [0.15, 0.2) is 18.1 Å². The monoisotopic (exact) mass is 382 g/mol. The number of rotatable bonds is 7. The summed E-state index contributed by atoms with van der Waals surface area (Å²) in [5, 5.41) is 5.40. The third-order valence-electron chi connectivity index (χ3n) is 4.53. The first-order valence-electron chi connectivity index (χ1n) is 9.46. The van der Waals surface area contributed by atoms with Crippen LogP contribution in [0.25, 0.3) is 0 Å². The van der Waals surface area contributed by atoms with Crippen molar-refractivity contribution in [3.8, 4) is 11.5 Å². The van der Waals surface area contributed by atoms with Crippen LogP contribution in [0.15, 0.2) is 42.5 Å². The van der Waals surface area contributed by atoms with Crippen molar-refractivity contribution < 1.29 is 19.1 Å². The summed E-state index contributed by atoms with van der Waals surface area (Å²) in [7, 11) is 0. The summed E-state index contributed by atoms with van der Waals surface area (Å²) < 4.78 is 11.5. The van der Waals surface area contributed by atoms with Crippen LogP contribution in [-0.4, -0.2) is 30.6 Å². The number of ether oxygens (including phenoxy) is 2. The van der Waals surface area contributed by atoms with E-state index in [2.05, 4.69) is 10.6 Å². The molecule has 2 amide bonds. The molecule has 2 N–H and O–H groups in total. The molecule has 0 fully saturated rings. The lowest BCUT2D eigenvalue weighted by Crippen LogP contribution is -2.36. The predicted octanol–water partition coefficient (Wildman–Crippen LogP) is 3.10. The molecule has 1 heterocycles. The lowest BCUT2D eigenvalue weighted by atomic mass is 10.0. The van der Waals surface area contributed by atoms with E-state index in [-0.39, 0.29) is 30.6 Å². The van der Waals surface area contributed by atoms with Crippen LogP contribution in [0.3, 0.4) is 0 Å². The van der Waals surface area contributed by atoms with Gasteiger partial charge in [-0.3, -0.25) is 9.59 Å². The zero-order valence-electron chi connectivity index (χ0n) is 16.5. The van der Waals surface area contributed by atoms with Crippen molar-refractivity contribution in [2.75, 3.05) is 18.5 Å². The number of amides is 2. The summed E-state index contributed by atoms with van der Waals surface area (Å²) in [6, 6.07) is 13.3. The quantitative estimate of drug-likeness (QED) is 0.772. The Morgan fingerprint density at radius 2 is 1.89 bits per heavy atom. The summed E-state index contributed by atoms with van der Waals surface area (Å²) in [5.74, 6) is 0.586. The van der Waals surface area contributed by atoms with Gasteiger partial charge in [0.1, 0.15) is 5.60 Å². The summed E-state index contributed by atoms with van der Waals surface area (Å²) in [6.45, 7) is 5.75. The number of para-hydroxylation sites is 2. The van der Waals surface area contributed by atoms with Crippen LogP contribution in [0.1, 0.15) is 31.9 Å². The lowest BCUT2D eigenvalue weighted by Gasteiger charge is -2.18. The van der Waals surface area contributed by atoms with Crippen molar-refractivity contribution in [1.29, 1.82) is 0 Å². The Bertz CT molecular complexity index is 877. The van der Waals surface area contributed by atoms with Gasteiger partial charge in [0.2, 0.25) is 5.91 Å². The molecule has 0 atom stereocenters. The summed E-state index contributed by atoms with van der Waals surface area (Å²) >= 11 is 0. The highest BCUT2D eigenvalue weighted by molar-refractivity contribution is 5.95. The van der Waals surface area contributed by atoms with Crippen LogP contribution in [-0.2, 0) is 22.4 Å². The average molecular weight is 382 g/mol. The zero-order chi connectivity index (χ0) is 20.1. The first-order valence-corrected chi connectivity index (χ1v) is 9.46. The molecule has 28 heavy (non-hydrogen) atoms. The van der Waals surface area contributed by atoms with E-state index < -0.39 is 0 Å². The van der Waals surface area contributed by atoms with Crippen LogP contribution in [0, 0.1) is 0 Å². The van der Waals surface area contributed by atoms with Crippen molar-refractivity contribution in [3.63, 3.8) is 0 Å². The Kier molecular flexibility index (Phi) is 5.87. The van der Waals surface area contributed by atoms with Gasteiger partial charge in [-0.1, -0.05) is 37.3 Å². The standard InChI is InChI=1S/C22H26N2O4/c1-4-15-8-5-6-10-17(15)24-19(25)13-23-20(26)14-27-18-11-7-9-16-12-22(2,3)28-21(16)18/h5-11H,4,12-14H2,1-3H3,(H,23,26)(H,24,25). The second-order valence-electron chi connectivity index (χ2n) is 7.41. The Morgan fingerprint density at radius 1 is 1.11 bits per heavy atom. The smallest absolute Gasteiger partial charge is 0.258 e. The fraction of sp³-hybridized carbons (Fsp3) is 0.364. The van der Waals surface area contributed by atoms with E-state index in [0.717, 1.165) is 29.7 Å². The first kappa shape index (κ1) is 19.7. The number of carbonyl (C=O) groups is 2. The van der Waals surface area contributed by atoms with Crippen molar-refractivity contribution in [2.24, 2.45) is 0 Å². The fourth-order valence-corrected chi connectivity index (χ4v) is 3.22. The Balaban J connectivity index is 1.48. The molecule has 6 heteroatoms. The van der Waals surface area contributed by atoms with Gasteiger partial charge in [-0.05, 0) is 38.0 Å². The fourth-order valence-electron chi connectivity index (χ4n) is 3.22. The SMILES string of the molecule is CCc1ccccc1NC(=O)CNC(=O)COc1cccc2c1OC(C)(C)C2. The van der Waals surface area contributed by atoms with E-state index in [9.17, 15) is 9.59 Å². The maximum atomic E-state index is 12.1. The minimum Gasteiger partial charge on any atom is -0.483 e. The van der Waals surface area contributed by atoms with E-state index in [4.69, 9.17) is 9.47 Å². The molecule has 0 bridgehead atoms. The molecule has 0 spiro atoms. The van der Waals surface area contributed by atoms with Gasteiger partial charge in [0.25, 0.3) is 5.91 Å². The van der Waals surface area contributed by atoms with E-state index in [1.165, 1.54) is 0 Å². The molecule has 3 rings (SSSR count). The number of benzene rings is 2. The topological polar surface area (TPSA) is 76.7 Å². The van der Waals surface area contributed by atoms with Crippen molar-refractivity contribution in [3.05, 3.63) is 53.6 Å². The Hall–Kier alpha value is -3.02. The van der Waals surface area contributed by atoms with Gasteiger partial charge in [-0.2, -0.15) is 0 Å². The molecule has 1 aliphatic rings. The molecular formula is C22H26N2O4. The first-order chi connectivity index (χ1) is 13.4. The minimum atomic E-state index is -0.367. The van der Waals surface area contributed by atoms with E-state index >= 15 is 0 Å². The molecule has 0 saturated carbocycles. The van der Waals surface area contributed by atoms with E-state index in [1.807, 2.05) is 57.2 Å². The second-order valence-corrected chi connectivity index (χ2v) is 7.41. The molecule has 0 radical (unpaired) electrons. The molecule has 0 aliphatic carbocycles. The summed E-state index contributed by atoms with van der Waals surface area (Å²) in [5.41, 5.74) is 2.60. The Morgan fingerprint density at radius 3 is 2.68 bits per heavy atom. The normalized spacial score (nSPS) is 14.0. The highest BCUT2D eigenvalue weighted by Crippen LogP contribution is 2.41. The third-order valence-corrected chi connectivity index (χ3v) is 4.53. The molecule has 0 unspecified atom stereocenters. The lowest BCUT2D eigenvalue weighted by molar-refractivity contribution is -0.125. The minimum absolute atomic E-state index is 0.114. The number of aryl methyl sites for hydroxylation is 1. The molecule has 2 aromatic carbocycles. The predicted molar refractivity (Wildman–Crippen MR) is 108 cm³/mol. The highest BCUT2D eigenvalue weighted by atomic mass is 16.5. The maximum Gasteiger partial charge on any atom is 0.258 e. The van der Waals surface area contributed by atoms with Gasteiger partial charge >= 0.3 is 0 Å². The van der Waals surface area contributed by atoms with Crippen LogP contribution < -0.4 is 20.1 Å². The molecule has 0 saturated heterocycles. The van der Waals surface area contributed by atoms with Gasteiger partial charge in [-0.25, -0.2) is 0 Å². The van der Waals surface area contributed by atoms with Crippen LogP contribution in [0.4, 0.5) is 5.69 Å². The van der Waals surface area contributed by atoms with E-state index in [0.29, 0.717) is 11.5 Å². The average Bonchev–Trinajstić information content (AvgIpc) is 2.99. The van der Waals surface area contributed by atoms with Gasteiger partial charge < -0.3 is 20.1 Å². The van der Waals surface area contributed by atoms with Gasteiger partial charge in [0.05, 0.1) is 6.54 Å². The zero-order valence-corrected chi connectivity index (χ0v) is 16.5. The third kappa shape index (κ3) is 4.82. The highest BCUT2D eigenvalue weighted by Gasteiger charge is 2.32. The largest absolute Gasteiger partial charge is 0.483 e. The Labute approximate surface area is 165 Å². The number of nitrogens with one attached hydrogen (secondary N) is 2. The molecule has 148 valence electrons. The molecular weight excluding hydrogens is 356 g/mol. The van der Waals surface area contributed by atoms with Gasteiger partial charge in [-0.15, -0.1) is 0 Å². The van der Waals surface area contributed by atoms with Gasteiger partial charge in [0, 0.05) is 17.7 Å². The van der Waals surface area contributed by atoms with Crippen LogP contribution in [0.5, 0.6) is 11.5 Å². The second kappa shape index (κ2) is 8.33. The van der Waals surface area contributed by atoms with Crippen molar-refractivity contribution in [1.82, 2.24) is 5.32 Å². The number of carbonyl (C=O) groups excluding carboxylic acids is 2.